The lowest BCUT2D eigenvalue weighted by Crippen LogP contribution is -2.42. The van der Waals surface area contributed by atoms with E-state index in [1.54, 1.807) is 42.5 Å². The van der Waals surface area contributed by atoms with Crippen LogP contribution in [0.1, 0.15) is 33.9 Å². The summed E-state index contributed by atoms with van der Waals surface area (Å²) >= 11 is 0. The standard InChI is InChI=1S/C30H30N2O3S/c1-22-18-23(2)20-26(19-22)32(36(34,35)27-15-8-5-9-16-27)21-29(33)31-30(25-13-6-4-7-14-25)28-17-11-10-12-24(28)3/h4-20,30H,21H2,1-3H3,(H,31,33)/t30-/m0/s1. The van der Waals surface area contributed by atoms with Crippen molar-refractivity contribution in [3.05, 3.63) is 131 Å². The number of nitrogens with zero attached hydrogens (tertiary/aromatic N) is 1. The lowest BCUT2D eigenvalue weighted by Gasteiger charge is -2.27. The van der Waals surface area contributed by atoms with Gasteiger partial charge in [-0.2, -0.15) is 0 Å². The minimum absolute atomic E-state index is 0.135. The number of amides is 1. The van der Waals surface area contributed by atoms with Gasteiger partial charge in [-0.15, -0.1) is 0 Å². The average Bonchev–Trinajstić information content (AvgIpc) is 2.87. The summed E-state index contributed by atoms with van der Waals surface area (Å²) in [7, 11) is -3.98. The smallest absolute Gasteiger partial charge is 0.264 e. The molecule has 4 aromatic rings. The number of nitrogens with one attached hydrogen (secondary N) is 1. The van der Waals surface area contributed by atoms with Crippen LogP contribution in [0.25, 0.3) is 0 Å². The first kappa shape index (κ1) is 25.2. The fourth-order valence-corrected chi connectivity index (χ4v) is 5.79. The van der Waals surface area contributed by atoms with E-state index in [-0.39, 0.29) is 11.4 Å². The highest BCUT2D eigenvalue weighted by Gasteiger charge is 2.29. The number of rotatable bonds is 8. The number of hydrogen-bond acceptors (Lipinski definition) is 3. The normalized spacial score (nSPS) is 12.1. The van der Waals surface area contributed by atoms with Gasteiger partial charge in [0.05, 0.1) is 16.6 Å². The van der Waals surface area contributed by atoms with Gasteiger partial charge < -0.3 is 5.32 Å². The highest BCUT2D eigenvalue weighted by atomic mass is 32.2. The van der Waals surface area contributed by atoms with Gasteiger partial charge in [-0.25, -0.2) is 8.42 Å². The van der Waals surface area contributed by atoms with Gasteiger partial charge in [-0.05, 0) is 72.9 Å². The topological polar surface area (TPSA) is 66.5 Å². The van der Waals surface area contributed by atoms with Gasteiger partial charge in [-0.3, -0.25) is 9.10 Å². The van der Waals surface area contributed by atoms with Crippen LogP contribution < -0.4 is 9.62 Å². The molecule has 0 spiro atoms. The molecule has 5 nitrogen and oxygen atoms in total. The molecule has 0 aliphatic rings. The number of anilines is 1. The van der Waals surface area contributed by atoms with Crippen LogP contribution in [0.5, 0.6) is 0 Å². The van der Waals surface area contributed by atoms with Gasteiger partial charge >= 0.3 is 0 Å². The molecule has 0 bridgehead atoms. The minimum Gasteiger partial charge on any atom is -0.344 e. The zero-order chi connectivity index (χ0) is 25.7. The Morgan fingerprint density at radius 3 is 1.94 bits per heavy atom. The number of carbonyl (C=O) groups excluding carboxylic acids is 1. The Kier molecular flexibility index (Phi) is 7.55. The Balaban J connectivity index is 1.72. The van der Waals surface area contributed by atoms with Crippen molar-refractivity contribution in [3.63, 3.8) is 0 Å². The summed E-state index contributed by atoms with van der Waals surface area (Å²) in [5.74, 6) is -0.397. The summed E-state index contributed by atoms with van der Waals surface area (Å²) in [6, 6.07) is 30.9. The van der Waals surface area contributed by atoms with Crippen molar-refractivity contribution in [3.8, 4) is 0 Å². The van der Waals surface area contributed by atoms with Crippen LogP contribution in [-0.2, 0) is 14.8 Å². The fourth-order valence-electron chi connectivity index (χ4n) is 4.36. The maximum absolute atomic E-state index is 13.7. The molecule has 0 aliphatic heterocycles. The molecule has 4 rings (SSSR count). The first-order valence-corrected chi connectivity index (χ1v) is 13.3. The molecule has 0 aromatic heterocycles. The summed E-state index contributed by atoms with van der Waals surface area (Å²) in [6.45, 7) is 5.47. The second-order valence-electron chi connectivity index (χ2n) is 8.94. The largest absolute Gasteiger partial charge is 0.344 e. The lowest BCUT2D eigenvalue weighted by atomic mass is 9.95. The van der Waals surface area contributed by atoms with Crippen molar-refractivity contribution in [1.29, 1.82) is 0 Å². The Hall–Kier alpha value is -3.90. The highest BCUT2D eigenvalue weighted by molar-refractivity contribution is 7.92. The van der Waals surface area contributed by atoms with E-state index in [1.807, 2.05) is 81.4 Å². The van der Waals surface area contributed by atoms with Gasteiger partial charge in [0, 0.05) is 0 Å². The molecule has 0 radical (unpaired) electrons. The minimum atomic E-state index is -3.98. The third-order valence-electron chi connectivity index (χ3n) is 6.05. The predicted molar refractivity (Wildman–Crippen MR) is 144 cm³/mol. The van der Waals surface area contributed by atoms with E-state index >= 15 is 0 Å². The molecule has 0 saturated carbocycles. The van der Waals surface area contributed by atoms with Gasteiger partial charge in [0.2, 0.25) is 5.91 Å². The Bertz CT molecular complexity index is 1430. The first-order chi connectivity index (χ1) is 17.3. The van der Waals surface area contributed by atoms with Crippen molar-refractivity contribution in [2.75, 3.05) is 10.8 Å². The molecular weight excluding hydrogens is 468 g/mol. The summed E-state index contributed by atoms with van der Waals surface area (Å²) in [6.07, 6.45) is 0. The summed E-state index contributed by atoms with van der Waals surface area (Å²) < 4.78 is 28.6. The average molecular weight is 499 g/mol. The summed E-state index contributed by atoms with van der Waals surface area (Å²) in [4.78, 5) is 13.7. The molecule has 0 saturated heterocycles. The molecule has 0 heterocycles. The van der Waals surface area contributed by atoms with Gasteiger partial charge in [0.15, 0.2) is 0 Å². The monoisotopic (exact) mass is 498 g/mol. The summed E-state index contributed by atoms with van der Waals surface area (Å²) in [5.41, 5.74) is 5.21. The van der Waals surface area contributed by atoms with E-state index in [2.05, 4.69) is 5.32 Å². The summed E-state index contributed by atoms with van der Waals surface area (Å²) in [5, 5.41) is 3.10. The first-order valence-electron chi connectivity index (χ1n) is 11.8. The Morgan fingerprint density at radius 1 is 0.778 bits per heavy atom. The number of benzene rings is 4. The van der Waals surface area contributed by atoms with Crippen molar-refractivity contribution in [2.24, 2.45) is 0 Å². The van der Waals surface area contributed by atoms with Crippen LogP contribution in [0.2, 0.25) is 0 Å². The van der Waals surface area contributed by atoms with Crippen LogP contribution in [0.4, 0.5) is 5.69 Å². The molecule has 1 N–H and O–H groups in total. The third kappa shape index (κ3) is 5.66. The fraction of sp³-hybridized carbons (Fsp3) is 0.167. The zero-order valence-electron chi connectivity index (χ0n) is 20.7. The van der Waals surface area contributed by atoms with Gasteiger partial charge in [-0.1, -0.05) is 78.9 Å². The quantitative estimate of drug-likeness (QED) is 0.338. The second kappa shape index (κ2) is 10.8. The molecule has 6 heteroatoms. The van der Waals surface area contributed by atoms with Crippen molar-refractivity contribution in [1.82, 2.24) is 5.32 Å². The van der Waals surface area contributed by atoms with E-state index in [0.717, 1.165) is 27.8 Å². The highest BCUT2D eigenvalue weighted by Crippen LogP contribution is 2.28. The van der Waals surface area contributed by atoms with Crippen molar-refractivity contribution < 1.29 is 13.2 Å². The van der Waals surface area contributed by atoms with Crippen LogP contribution in [0.15, 0.2) is 108 Å². The van der Waals surface area contributed by atoms with E-state index in [4.69, 9.17) is 0 Å². The molecule has 36 heavy (non-hydrogen) atoms. The van der Waals surface area contributed by atoms with E-state index in [1.165, 1.54) is 4.31 Å². The van der Waals surface area contributed by atoms with Crippen LogP contribution in [0, 0.1) is 20.8 Å². The van der Waals surface area contributed by atoms with E-state index < -0.39 is 22.0 Å². The molecular formula is C30H30N2O3S. The lowest BCUT2D eigenvalue weighted by molar-refractivity contribution is -0.120. The van der Waals surface area contributed by atoms with Crippen LogP contribution in [-0.4, -0.2) is 20.9 Å². The number of hydrogen-bond donors (Lipinski definition) is 1. The Labute approximate surface area is 213 Å². The van der Waals surface area contributed by atoms with Crippen molar-refractivity contribution in [2.45, 2.75) is 31.7 Å². The molecule has 4 aromatic carbocycles. The molecule has 1 atom stereocenters. The van der Waals surface area contributed by atoms with Gasteiger partial charge in [0.1, 0.15) is 6.54 Å². The molecule has 0 unspecified atom stereocenters. The number of carbonyl (C=O) groups is 1. The number of aryl methyl sites for hydroxylation is 3. The van der Waals surface area contributed by atoms with Crippen molar-refractivity contribution >= 4 is 21.6 Å². The predicted octanol–water partition coefficient (Wildman–Crippen LogP) is 5.71. The number of sulfonamides is 1. The Morgan fingerprint density at radius 2 is 1.33 bits per heavy atom. The molecule has 1 amide bonds. The molecule has 0 aliphatic carbocycles. The third-order valence-corrected chi connectivity index (χ3v) is 7.84. The zero-order valence-corrected chi connectivity index (χ0v) is 21.5. The SMILES string of the molecule is Cc1cc(C)cc(N(CC(=O)N[C@@H](c2ccccc2)c2ccccc2C)S(=O)(=O)c2ccccc2)c1. The second-order valence-corrected chi connectivity index (χ2v) is 10.8. The maximum Gasteiger partial charge on any atom is 0.264 e. The van der Waals surface area contributed by atoms with Gasteiger partial charge in [0.25, 0.3) is 10.0 Å². The van der Waals surface area contributed by atoms with Crippen LogP contribution in [0.3, 0.4) is 0 Å². The van der Waals surface area contributed by atoms with E-state index in [0.29, 0.717) is 5.69 Å². The maximum atomic E-state index is 13.7. The molecule has 0 fully saturated rings. The van der Waals surface area contributed by atoms with E-state index in [9.17, 15) is 13.2 Å². The van der Waals surface area contributed by atoms with Crippen LogP contribution >= 0.6 is 0 Å². The molecule has 184 valence electrons.